The maximum atomic E-state index is 12.6. The first-order valence-corrected chi connectivity index (χ1v) is 8.26. The van der Waals surface area contributed by atoms with Gasteiger partial charge < -0.3 is 10.4 Å². The van der Waals surface area contributed by atoms with Gasteiger partial charge in [0.25, 0.3) is 5.91 Å². The first-order chi connectivity index (χ1) is 11.2. The maximum Gasteiger partial charge on any atom is 0.255 e. The SMILES string of the molecule is O=C(NC1CCC(CO)CC1)c1cn[nH]c1-c1cccc(Cl)c1. The molecule has 0 aliphatic heterocycles. The van der Waals surface area contributed by atoms with Gasteiger partial charge in [-0.2, -0.15) is 5.10 Å². The molecule has 1 aliphatic carbocycles. The van der Waals surface area contributed by atoms with E-state index in [1.165, 1.54) is 0 Å². The number of nitrogens with zero attached hydrogens (tertiary/aromatic N) is 1. The summed E-state index contributed by atoms with van der Waals surface area (Å²) in [6.07, 6.45) is 5.26. The van der Waals surface area contributed by atoms with Gasteiger partial charge in [0, 0.05) is 23.2 Å². The summed E-state index contributed by atoms with van der Waals surface area (Å²) in [7, 11) is 0. The van der Waals surface area contributed by atoms with E-state index in [1.54, 1.807) is 18.3 Å². The number of halogens is 1. The molecule has 1 aromatic carbocycles. The first kappa shape index (κ1) is 16.0. The topological polar surface area (TPSA) is 78.0 Å². The molecule has 5 nitrogen and oxygen atoms in total. The van der Waals surface area contributed by atoms with Crippen molar-refractivity contribution in [1.82, 2.24) is 15.5 Å². The average molecular weight is 334 g/mol. The molecule has 0 atom stereocenters. The van der Waals surface area contributed by atoms with E-state index in [0.717, 1.165) is 31.2 Å². The van der Waals surface area contributed by atoms with Crippen LogP contribution in [0.15, 0.2) is 30.5 Å². The number of amides is 1. The Labute approximate surface area is 140 Å². The first-order valence-electron chi connectivity index (χ1n) is 7.88. The fourth-order valence-corrected chi connectivity index (χ4v) is 3.27. The van der Waals surface area contributed by atoms with Crippen LogP contribution in [0.1, 0.15) is 36.0 Å². The Hall–Kier alpha value is -1.85. The summed E-state index contributed by atoms with van der Waals surface area (Å²) in [4.78, 5) is 12.6. The molecular formula is C17H20ClN3O2. The Kier molecular flexibility index (Phi) is 4.98. The smallest absolute Gasteiger partial charge is 0.255 e. The molecular weight excluding hydrogens is 314 g/mol. The maximum absolute atomic E-state index is 12.6. The zero-order valence-corrected chi connectivity index (χ0v) is 13.5. The Bertz CT molecular complexity index is 678. The van der Waals surface area contributed by atoms with Crippen LogP contribution in [0.25, 0.3) is 11.3 Å². The van der Waals surface area contributed by atoms with E-state index in [4.69, 9.17) is 11.6 Å². The molecule has 1 aromatic heterocycles. The number of aliphatic hydroxyl groups excluding tert-OH is 1. The highest BCUT2D eigenvalue weighted by molar-refractivity contribution is 6.30. The lowest BCUT2D eigenvalue weighted by molar-refractivity contribution is 0.0914. The molecule has 2 aromatic rings. The third-order valence-corrected chi connectivity index (χ3v) is 4.67. The largest absolute Gasteiger partial charge is 0.396 e. The van der Waals surface area contributed by atoms with Crippen LogP contribution >= 0.6 is 11.6 Å². The van der Waals surface area contributed by atoms with Gasteiger partial charge in [0.1, 0.15) is 0 Å². The molecule has 1 aliphatic rings. The minimum absolute atomic E-state index is 0.124. The number of benzene rings is 1. The molecule has 1 heterocycles. The van der Waals surface area contributed by atoms with E-state index < -0.39 is 0 Å². The van der Waals surface area contributed by atoms with Gasteiger partial charge in [0.2, 0.25) is 0 Å². The Morgan fingerprint density at radius 1 is 1.35 bits per heavy atom. The zero-order chi connectivity index (χ0) is 16.2. The molecule has 3 N–H and O–H groups in total. The lowest BCUT2D eigenvalue weighted by Crippen LogP contribution is -2.38. The van der Waals surface area contributed by atoms with Crippen molar-refractivity contribution in [2.75, 3.05) is 6.61 Å². The fraction of sp³-hybridized carbons (Fsp3) is 0.412. The molecule has 1 fully saturated rings. The normalized spacial score (nSPS) is 21.1. The molecule has 1 saturated carbocycles. The fourth-order valence-electron chi connectivity index (χ4n) is 3.07. The average Bonchev–Trinajstić information content (AvgIpc) is 3.05. The zero-order valence-electron chi connectivity index (χ0n) is 12.8. The number of carbonyl (C=O) groups is 1. The van der Waals surface area contributed by atoms with Crippen LogP contribution in [0, 0.1) is 5.92 Å². The van der Waals surface area contributed by atoms with Crippen LogP contribution in [0.2, 0.25) is 5.02 Å². The Morgan fingerprint density at radius 2 is 2.13 bits per heavy atom. The number of aromatic amines is 1. The molecule has 0 saturated heterocycles. The van der Waals surface area contributed by atoms with Gasteiger partial charge in [-0.25, -0.2) is 0 Å². The van der Waals surface area contributed by atoms with Crippen LogP contribution in [-0.4, -0.2) is 33.9 Å². The van der Waals surface area contributed by atoms with Gasteiger partial charge in [-0.05, 0) is 43.7 Å². The summed E-state index contributed by atoms with van der Waals surface area (Å²) in [6.45, 7) is 0.237. The van der Waals surface area contributed by atoms with Crippen molar-refractivity contribution < 1.29 is 9.90 Å². The minimum Gasteiger partial charge on any atom is -0.396 e. The molecule has 0 spiro atoms. The van der Waals surface area contributed by atoms with Crippen molar-refractivity contribution in [3.05, 3.63) is 41.0 Å². The van der Waals surface area contributed by atoms with E-state index in [2.05, 4.69) is 15.5 Å². The second kappa shape index (κ2) is 7.15. The van der Waals surface area contributed by atoms with E-state index in [1.807, 2.05) is 12.1 Å². The number of hydrogen-bond donors (Lipinski definition) is 3. The molecule has 6 heteroatoms. The highest BCUT2D eigenvalue weighted by Crippen LogP contribution is 2.26. The highest BCUT2D eigenvalue weighted by atomic mass is 35.5. The van der Waals surface area contributed by atoms with E-state index in [9.17, 15) is 9.90 Å². The van der Waals surface area contributed by atoms with Gasteiger partial charge in [-0.3, -0.25) is 9.89 Å². The van der Waals surface area contributed by atoms with Crippen LogP contribution in [0.5, 0.6) is 0 Å². The monoisotopic (exact) mass is 333 g/mol. The number of H-pyrrole nitrogens is 1. The predicted molar refractivity (Wildman–Crippen MR) is 89.3 cm³/mol. The molecule has 23 heavy (non-hydrogen) atoms. The summed E-state index contributed by atoms with van der Waals surface area (Å²) < 4.78 is 0. The number of aromatic nitrogens is 2. The predicted octanol–water partition coefficient (Wildman–Crippen LogP) is 3.01. The van der Waals surface area contributed by atoms with Crippen LogP contribution in [-0.2, 0) is 0 Å². The number of rotatable bonds is 4. The summed E-state index contributed by atoms with van der Waals surface area (Å²) in [5, 5.41) is 19.8. The summed E-state index contributed by atoms with van der Waals surface area (Å²) in [5.74, 6) is 0.250. The summed E-state index contributed by atoms with van der Waals surface area (Å²) in [6, 6.07) is 7.49. The number of nitrogens with one attached hydrogen (secondary N) is 2. The second-order valence-corrected chi connectivity index (χ2v) is 6.48. The van der Waals surface area contributed by atoms with Gasteiger partial charge in [0.05, 0.1) is 17.5 Å². The van der Waals surface area contributed by atoms with Crippen LogP contribution < -0.4 is 5.32 Å². The molecule has 3 rings (SSSR count). The number of carbonyl (C=O) groups excluding carboxylic acids is 1. The van der Waals surface area contributed by atoms with Crippen molar-refractivity contribution in [2.45, 2.75) is 31.7 Å². The van der Waals surface area contributed by atoms with Gasteiger partial charge >= 0.3 is 0 Å². The van der Waals surface area contributed by atoms with Gasteiger partial charge in [-0.15, -0.1) is 0 Å². The molecule has 0 radical (unpaired) electrons. The molecule has 0 bridgehead atoms. The van der Waals surface area contributed by atoms with E-state index in [-0.39, 0.29) is 18.6 Å². The van der Waals surface area contributed by atoms with Crippen molar-refractivity contribution in [1.29, 1.82) is 0 Å². The molecule has 0 unspecified atom stereocenters. The number of aliphatic hydroxyl groups is 1. The summed E-state index contributed by atoms with van der Waals surface area (Å²) >= 11 is 6.02. The quantitative estimate of drug-likeness (QED) is 0.804. The van der Waals surface area contributed by atoms with Crippen molar-refractivity contribution in [3.63, 3.8) is 0 Å². The molecule has 1 amide bonds. The van der Waals surface area contributed by atoms with Crippen LogP contribution in [0.4, 0.5) is 0 Å². The lowest BCUT2D eigenvalue weighted by Gasteiger charge is -2.27. The Morgan fingerprint density at radius 3 is 2.83 bits per heavy atom. The van der Waals surface area contributed by atoms with Crippen molar-refractivity contribution in [2.24, 2.45) is 5.92 Å². The van der Waals surface area contributed by atoms with E-state index >= 15 is 0 Å². The van der Waals surface area contributed by atoms with Crippen LogP contribution in [0.3, 0.4) is 0 Å². The number of hydrogen-bond acceptors (Lipinski definition) is 3. The van der Waals surface area contributed by atoms with Crippen molar-refractivity contribution in [3.8, 4) is 11.3 Å². The van der Waals surface area contributed by atoms with E-state index in [0.29, 0.717) is 22.2 Å². The highest BCUT2D eigenvalue weighted by Gasteiger charge is 2.24. The summed E-state index contributed by atoms with van der Waals surface area (Å²) in [5.41, 5.74) is 2.04. The minimum atomic E-state index is -0.124. The third-order valence-electron chi connectivity index (χ3n) is 4.44. The lowest BCUT2D eigenvalue weighted by atomic mass is 9.86. The third kappa shape index (κ3) is 3.74. The van der Waals surface area contributed by atoms with Gasteiger partial charge in [0.15, 0.2) is 0 Å². The second-order valence-electron chi connectivity index (χ2n) is 6.04. The van der Waals surface area contributed by atoms with Gasteiger partial charge in [-0.1, -0.05) is 23.7 Å². The molecule has 122 valence electrons. The van der Waals surface area contributed by atoms with Crippen molar-refractivity contribution >= 4 is 17.5 Å². The standard InChI is InChI=1S/C17H20ClN3O2/c18-13-3-1-2-12(8-13)16-15(9-19-21-16)17(23)20-14-6-4-11(10-22)5-7-14/h1-3,8-9,11,14,22H,4-7,10H2,(H,19,21)(H,20,23). The Balaban J connectivity index is 1.71.